The fourth-order valence-electron chi connectivity index (χ4n) is 2.24. The molecule has 2 rings (SSSR count). The molecule has 0 heterocycles. The Morgan fingerprint density at radius 2 is 1.58 bits per heavy atom. The molecule has 2 N–H and O–H groups in total. The van der Waals surface area contributed by atoms with Crippen molar-refractivity contribution in [2.75, 3.05) is 13.7 Å². The second kappa shape index (κ2) is 8.72. The molecular formula is C19H22N2O3. The van der Waals surface area contributed by atoms with Crippen LogP contribution in [0.25, 0.3) is 0 Å². The van der Waals surface area contributed by atoms with Gasteiger partial charge in [-0.2, -0.15) is 0 Å². The van der Waals surface area contributed by atoms with Gasteiger partial charge in [-0.3, -0.25) is 9.59 Å². The minimum Gasteiger partial charge on any atom is -0.494 e. The minimum absolute atomic E-state index is 0.0467. The zero-order valence-electron chi connectivity index (χ0n) is 14.0. The summed E-state index contributed by atoms with van der Waals surface area (Å²) in [6.45, 7) is 2.99. The van der Waals surface area contributed by atoms with E-state index in [4.69, 9.17) is 4.74 Å². The Balaban J connectivity index is 1.83. The first kappa shape index (κ1) is 17.5. The molecule has 24 heavy (non-hydrogen) atoms. The molecule has 0 atom stereocenters. The summed E-state index contributed by atoms with van der Waals surface area (Å²) in [7, 11) is 1.59. The van der Waals surface area contributed by atoms with Crippen LogP contribution in [0.15, 0.2) is 48.5 Å². The van der Waals surface area contributed by atoms with Crippen molar-refractivity contribution in [3.8, 4) is 5.75 Å². The quantitative estimate of drug-likeness (QED) is 0.820. The standard InChI is InChI=1S/C19H22N2O3/c1-3-24-17-10-6-14(7-11-17)12-18(22)21-13-15-4-8-16(9-5-15)19(23)20-2/h4-11H,3,12-13H2,1-2H3,(H,20,23)(H,21,22). The predicted molar refractivity (Wildman–Crippen MR) is 93.0 cm³/mol. The van der Waals surface area contributed by atoms with E-state index in [2.05, 4.69) is 10.6 Å². The van der Waals surface area contributed by atoms with Gasteiger partial charge in [-0.1, -0.05) is 24.3 Å². The molecule has 0 aromatic heterocycles. The molecule has 5 heteroatoms. The maximum Gasteiger partial charge on any atom is 0.251 e. The molecule has 0 fully saturated rings. The van der Waals surface area contributed by atoms with Crippen molar-refractivity contribution in [1.82, 2.24) is 10.6 Å². The van der Waals surface area contributed by atoms with Crippen molar-refractivity contribution in [2.24, 2.45) is 0 Å². The van der Waals surface area contributed by atoms with E-state index in [1.165, 1.54) is 0 Å². The Kier molecular flexibility index (Phi) is 6.37. The van der Waals surface area contributed by atoms with Crippen molar-refractivity contribution in [1.29, 1.82) is 0 Å². The number of carbonyl (C=O) groups is 2. The topological polar surface area (TPSA) is 67.4 Å². The highest BCUT2D eigenvalue weighted by molar-refractivity contribution is 5.93. The van der Waals surface area contributed by atoms with Gasteiger partial charge >= 0.3 is 0 Å². The first-order chi connectivity index (χ1) is 11.6. The lowest BCUT2D eigenvalue weighted by Crippen LogP contribution is -2.24. The fourth-order valence-corrected chi connectivity index (χ4v) is 2.24. The number of hydrogen-bond donors (Lipinski definition) is 2. The van der Waals surface area contributed by atoms with Crippen LogP contribution in [-0.4, -0.2) is 25.5 Å². The summed E-state index contributed by atoms with van der Waals surface area (Å²) in [5.41, 5.74) is 2.48. The third kappa shape index (κ3) is 5.12. The predicted octanol–water partition coefficient (Wildman–Crippen LogP) is 2.30. The molecule has 2 aromatic carbocycles. The first-order valence-electron chi connectivity index (χ1n) is 7.92. The highest BCUT2D eigenvalue weighted by Gasteiger charge is 2.05. The van der Waals surface area contributed by atoms with E-state index in [9.17, 15) is 9.59 Å². The van der Waals surface area contributed by atoms with Crippen molar-refractivity contribution >= 4 is 11.8 Å². The van der Waals surface area contributed by atoms with Crippen LogP contribution < -0.4 is 15.4 Å². The van der Waals surface area contributed by atoms with Gasteiger partial charge in [0, 0.05) is 19.2 Å². The van der Waals surface area contributed by atoms with Crippen LogP contribution in [-0.2, 0) is 17.8 Å². The fraction of sp³-hybridized carbons (Fsp3) is 0.263. The zero-order valence-corrected chi connectivity index (χ0v) is 14.0. The molecule has 0 saturated carbocycles. The van der Waals surface area contributed by atoms with Crippen LogP contribution in [0.4, 0.5) is 0 Å². The summed E-state index contributed by atoms with van der Waals surface area (Å²) < 4.78 is 5.38. The molecule has 0 saturated heterocycles. The summed E-state index contributed by atoms with van der Waals surface area (Å²) in [6.07, 6.45) is 0.322. The van der Waals surface area contributed by atoms with Gasteiger partial charge in [-0.15, -0.1) is 0 Å². The van der Waals surface area contributed by atoms with Gasteiger partial charge in [-0.25, -0.2) is 0 Å². The van der Waals surface area contributed by atoms with E-state index in [0.717, 1.165) is 16.9 Å². The second-order valence-electron chi connectivity index (χ2n) is 5.31. The molecular weight excluding hydrogens is 304 g/mol. The maximum absolute atomic E-state index is 12.0. The smallest absolute Gasteiger partial charge is 0.251 e. The molecule has 0 aliphatic carbocycles. The molecule has 0 radical (unpaired) electrons. The van der Waals surface area contributed by atoms with Crippen LogP contribution in [0.3, 0.4) is 0 Å². The Bertz CT molecular complexity index is 679. The lowest BCUT2D eigenvalue weighted by molar-refractivity contribution is -0.120. The first-order valence-corrected chi connectivity index (χ1v) is 7.92. The number of benzene rings is 2. The van der Waals surface area contributed by atoms with Crippen LogP contribution >= 0.6 is 0 Å². The van der Waals surface area contributed by atoms with E-state index in [1.807, 2.05) is 43.3 Å². The number of amides is 2. The van der Waals surface area contributed by atoms with Crippen molar-refractivity contribution in [3.63, 3.8) is 0 Å². The zero-order chi connectivity index (χ0) is 17.4. The average molecular weight is 326 g/mol. The molecule has 2 aromatic rings. The molecule has 126 valence electrons. The molecule has 0 aliphatic heterocycles. The molecule has 0 aliphatic rings. The highest BCUT2D eigenvalue weighted by Crippen LogP contribution is 2.12. The van der Waals surface area contributed by atoms with Crippen molar-refractivity contribution in [2.45, 2.75) is 19.9 Å². The van der Waals surface area contributed by atoms with Gasteiger partial charge in [0.1, 0.15) is 5.75 Å². The lowest BCUT2D eigenvalue weighted by Gasteiger charge is -2.07. The average Bonchev–Trinajstić information content (AvgIpc) is 2.61. The van der Waals surface area contributed by atoms with Gasteiger partial charge in [0.15, 0.2) is 0 Å². The Morgan fingerprint density at radius 3 is 2.17 bits per heavy atom. The number of nitrogens with one attached hydrogen (secondary N) is 2. The molecule has 0 unspecified atom stereocenters. The number of rotatable bonds is 7. The highest BCUT2D eigenvalue weighted by atomic mass is 16.5. The van der Waals surface area contributed by atoms with Crippen LogP contribution in [0.2, 0.25) is 0 Å². The summed E-state index contributed by atoms with van der Waals surface area (Å²) in [4.78, 5) is 23.5. The van der Waals surface area contributed by atoms with E-state index < -0.39 is 0 Å². The monoisotopic (exact) mass is 326 g/mol. The SMILES string of the molecule is CCOc1ccc(CC(=O)NCc2ccc(C(=O)NC)cc2)cc1. The number of hydrogen-bond acceptors (Lipinski definition) is 3. The molecule has 2 amide bonds. The minimum atomic E-state index is -0.124. The third-order valence-corrected chi connectivity index (χ3v) is 3.53. The molecule has 5 nitrogen and oxygen atoms in total. The van der Waals surface area contributed by atoms with Gasteiger partial charge in [0.05, 0.1) is 13.0 Å². The van der Waals surface area contributed by atoms with Crippen molar-refractivity contribution in [3.05, 3.63) is 65.2 Å². The molecule has 0 spiro atoms. The Labute approximate surface area is 142 Å². The Hall–Kier alpha value is -2.82. The number of ether oxygens (including phenoxy) is 1. The van der Waals surface area contributed by atoms with Gasteiger partial charge in [0.25, 0.3) is 5.91 Å². The summed E-state index contributed by atoms with van der Waals surface area (Å²) in [6, 6.07) is 14.7. The van der Waals surface area contributed by atoms with Crippen LogP contribution in [0, 0.1) is 0 Å². The van der Waals surface area contributed by atoms with Gasteiger partial charge in [-0.05, 0) is 42.3 Å². The van der Waals surface area contributed by atoms with Crippen molar-refractivity contribution < 1.29 is 14.3 Å². The summed E-state index contributed by atoms with van der Waals surface area (Å²) >= 11 is 0. The number of carbonyl (C=O) groups excluding carboxylic acids is 2. The summed E-state index contributed by atoms with van der Waals surface area (Å²) in [5.74, 6) is 0.633. The van der Waals surface area contributed by atoms with Crippen LogP contribution in [0.5, 0.6) is 5.75 Å². The maximum atomic E-state index is 12.0. The largest absolute Gasteiger partial charge is 0.494 e. The van der Waals surface area contributed by atoms with Gasteiger partial charge < -0.3 is 15.4 Å². The van der Waals surface area contributed by atoms with E-state index >= 15 is 0 Å². The van der Waals surface area contributed by atoms with E-state index in [-0.39, 0.29) is 11.8 Å². The summed E-state index contributed by atoms with van der Waals surface area (Å²) in [5, 5.41) is 5.45. The Morgan fingerprint density at radius 1 is 0.958 bits per heavy atom. The van der Waals surface area contributed by atoms with E-state index in [1.54, 1.807) is 19.2 Å². The molecule has 0 bridgehead atoms. The van der Waals surface area contributed by atoms with Crippen LogP contribution in [0.1, 0.15) is 28.4 Å². The normalized spacial score (nSPS) is 10.1. The third-order valence-electron chi connectivity index (χ3n) is 3.53. The second-order valence-corrected chi connectivity index (χ2v) is 5.31. The lowest BCUT2D eigenvalue weighted by atomic mass is 10.1. The van der Waals surface area contributed by atoms with E-state index in [0.29, 0.717) is 25.1 Å². The van der Waals surface area contributed by atoms with Gasteiger partial charge in [0.2, 0.25) is 5.91 Å².